The molecule has 0 atom stereocenters. The molecule has 20 heavy (non-hydrogen) atoms. The topological polar surface area (TPSA) is 83.7 Å². The summed E-state index contributed by atoms with van der Waals surface area (Å²) in [6.45, 7) is 2.14. The monoisotopic (exact) mass is 268 g/mol. The molecule has 1 aromatic carbocycles. The molecule has 0 fully saturated rings. The van der Waals surface area contributed by atoms with E-state index in [4.69, 9.17) is 5.73 Å². The zero-order chi connectivity index (χ0) is 14.1. The first-order valence-electron chi connectivity index (χ1n) is 6.48. The lowest BCUT2D eigenvalue weighted by Gasteiger charge is -2.19. The van der Waals surface area contributed by atoms with E-state index >= 15 is 0 Å². The molecule has 0 aliphatic carbocycles. The standard InChI is InChI=1S/C14H16N6/c1-3-9-4-6-10(7-5-9)20(2)13-11-8-16-19-12(11)17-14(15)18-13/h4-8H,3H2,1-2H3,(H3,15,16,17,18,19). The quantitative estimate of drug-likeness (QED) is 0.761. The Kier molecular flexibility index (Phi) is 2.98. The number of aryl methyl sites for hydroxylation is 1. The maximum atomic E-state index is 5.75. The second kappa shape index (κ2) is 4.80. The molecule has 3 N–H and O–H groups in total. The Morgan fingerprint density at radius 2 is 1.95 bits per heavy atom. The van der Waals surface area contributed by atoms with Crippen LogP contribution in [0.1, 0.15) is 12.5 Å². The van der Waals surface area contributed by atoms with Crippen molar-refractivity contribution < 1.29 is 0 Å². The third kappa shape index (κ3) is 2.05. The number of benzene rings is 1. The van der Waals surface area contributed by atoms with Crippen LogP contribution in [0, 0.1) is 0 Å². The van der Waals surface area contributed by atoms with Crippen LogP contribution in [-0.2, 0) is 6.42 Å². The average Bonchev–Trinajstić information content (AvgIpc) is 2.94. The molecule has 102 valence electrons. The number of aromatic nitrogens is 4. The van der Waals surface area contributed by atoms with Gasteiger partial charge in [0.2, 0.25) is 5.95 Å². The molecular formula is C14H16N6. The number of rotatable bonds is 3. The van der Waals surface area contributed by atoms with E-state index in [9.17, 15) is 0 Å². The van der Waals surface area contributed by atoms with Crippen LogP contribution >= 0.6 is 0 Å². The van der Waals surface area contributed by atoms with E-state index in [1.54, 1.807) is 6.20 Å². The average molecular weight is 268 g/mol. The minimum Gasteiger partial charge on any atom is -0.368 e. The van der Waals surface area contributed by atoms with Crippen molar-refractivity contribution in [1.29, 1.82) is 0 Å². The minimum absolute atomic E-state index is 0.230. The van der Waals surface area contributed by atoms with Gasteiger partial charge in [0, 0.05) is 12.7 Å². The highest BCUT2D eigenvalue weighted by Crippen LogP contribution is 2.28. The summed E-state index contributed by atoms with van der Waals surface area (Å²) in [5, 5.41) is 7.66. The Balaban J connectivity index is 2.06. The molecule has 0 unspecified atom stereocenters. The highest BCUT2D eigenvalue weighted by atomic mass is 15.2. The highest BCUT2D eigenvalue weighted by molar-refractivity contribution is 5.89. The highest BCUT2D eigenvalue weighted by Gasteiger charge is 2.13. The molecule has 0 bridgehead atoms. The van der Waals surface area contributed by atoms with Gasteiger partial charge in [-0.1, -0.05) is 19.1 Å². The van der Waals surface area contributed by atoms with Gasteiger partial charge in [0.05, 0.1) is 11.6 Å². The predicted molar refractivity (Wildman–Crippen MR) is 80.0 cm³/mol. The van der Waals surface area contributed by atoms with Gasteiger partial charge in [0.1, 0.15) is 5.82 Å². The molecule has 0 saturated carbocycles. The van der Waals surface area contributed by atoms with E-state index in [-0.39, 0.29) is 5.95 Å². The number of nitrogen functional groups attached to an aromatic ring is 1. The molecule has 6 nitrogen and oxygen atoms in total. The van der Waals surface area contributed by atoms with Crippen LogP contribution in [0.3, 0.4) is 0 Å². The van der Waals surface area contributed by atoms with Crippen molar-refractivity contribution in [3.8, 4) is 0 Å². The van der Waals surface area contributed by atoms with Gasteiger partial charge in [0.25, 0.3) is 0 Å². The molecule has 0 aliphatic heterocycles. The van der Waals surface area contributed by atoms with Crippen molar-refractivity contribution in [3.05, 3.63) is 36.0 Å². The van der Waals surface area contributed by atoms with Crippen molar-refractivity contribution in [1.82, 2.24) is 20.2 Å². The summed E-state index contributed by atoms with van der Waals surface area (Å²) < 4.78 is 0. The summed E-state index contributed by atoms with van der Waals surface area (Å²) in [6.07, 6.45) is 2.73. The molecule has 0 saturated heterocycles. The number of anilines is 3. The van der Waals surface area contributed by atoms with Crippen LogP contribution in [0.2, 0.25) is 0 Å². The van der Waals surface area contributed by atoms with Gasteiger partial charge in [-0.2, -0.15) is 15.1 Å². The maximum Gasteiger partial charge on any atom is 0.224 e. The molecule has 2 heterocycles. The lowest BCUT2D eigenvalue weighted by Crippen LogP contribution is -2.13. The van der Waals surface area contributed by atoms with Crippen LogP contribution in [-0.4, -0.2) is 27.2 Å². The van der Waals surface area contributed by atoms with E-state index in [0.717, 1.165) is 23.3 Å². The molecule has 0 spiro atoms. The van der Waals surface area contributed by atoms with Gasteiger partial charge in [-0.3, -0.25) is 5.10 Å². The zero-order valence-electron chi connectivity index (χ0n) is 11.5. The lowest BCUT2D eigenvalue weighted by molar-refractivity contribution is 1.08. The number of fused-ring (bicyclic) bond motifs is 1. The fourth-order valence-corrected chi connectivity index (χ4v) is 2.17. The first-order chi connectivity index (χ1) is 9.69. The minimum atomic E-state index is 0.230. The molecular weight excluding hydrogens is 252 g/mol. The maximum absolute atomic E-state index is 5.75. The Hall–Kier alpha value is -2.63. The predicted octanol–water partition coefficient (Wildman–Crippen LogP) is 2.27. The number of H-pyrrole nitrogens is 1. The number of nitrogens with one attached hydrogen (secondary N) is 1. The second-order valence-corrected chi connectivity index (χ2v) is 4.62. The lowest BCUT2D eigenvalue weighted by atomic mass is 10.1. The third-order valence-corrected chi connectivity index (χ3v) is 3.36. The van der Waals surface area contributed by atoms with Gasteiger partial charge in [-0.05, 0) is 24.1 Å². The van der Waals surface area contributed by atoms with Crippen molar-refractivity contribution in [2.75, 3.05) is 17.7 Å². The first-order valence-corrected chi connectivity index (χ1v) is 6.48. The van der Waals surface area contributed by atoms with Crippen LogP contribution in [0.4, 0.5) is 17.5 Å². The Morgan fingerprint density at radius 1 is 1.20 bits per heavy atom. The summed E-state index contributed by atoms with van der Waals surface area (Å²) in [5.74, 6) is 0.972. The number of nitrogens with zero attached hydrogens (tertiary/aromatic N) is 4. The van der Waals surface area contributed by atoms with Gasteiger partial charge < -0.3 is 10.6 Å². The van der Waals surface area contributed by atoms with Crippen molar-refractivity contribution in [3.63, 3.8) is 0 Å². The third-order valence-electron chi connectivity index (χ3n) is 3.36. The van der Waals surface area contributed by atoms with Gasteiger partial charge in [0.15, 0.2) is 5.65 Å². The molecule has 2 aromatic heterocycles. The SMILES string of the molecule is CCc1ccc(N(C)c2nc(N)nc3[nH]ncc23)cc1. The molecule has 0 amide bonds. The van der Waals surface area contributed by atoms with Crippen molar-refractivity contribution in [2.45, 2.75) is 13.3 Å². The summed E-state index contributed by atoms with van der Waals surface area (Å²) in [4.78, 5) is 10.4. The summed E-state index contributed by atoms with van der Waals surface area (Å²) in [5.41, 5.74) is 8.74. The van der Waals surface area contributed by atoms with Crippen LogP contribution < -0.4 is 10.6 Å². The zero-order valence-corrected chi connectivity index (χ0v) is 11.5. The summed E-state index contributed by atoms with van der Waals surface area (Å²) in [7, 11) is 1.95. The van der Waals surface area contributed by atoms with Crippen LogP contribution in [0.15, 0.2) is 30.5 Å². The largest absolute Gasteiger partial charge is 0.368 e. The molecule has 3 aromatic rings. The van der Waals surface area contributed by atoms with Gasteiger partial charge in [-0.15, -0.1) is 0 Å². The first kappa shape index (κ1) is 12.4. The van der Waals surface area contributed by atoms with E-state index in [0.29, 0.717) is 5.65 Å². The van der Waals surface area contributed by atoms with Gasteiger partial charge >= 0.3 is 0 Å². The number of hydrogen-bond acceptors (Lipinski definition) is 5. The Bertz CT molecular complexity index is 731. The summed E-state index contributed by atoms with van der Waals surface area (Å²) in [6, 6.07) is 8.37. The Morgan fingerprint density at radius 3 is 2.65 bits per heavy atom. The number of nitrogens with two attached hydrogens (primary N) is 1. The van der Waals surface area contributed by atoms with E-state index in [2.05, 4.69) is 51.4 Å². The van der Waals surface area contributed by atoms with E-state index in [1.165, 1.54) is 5.56 Å². The normalized spacial score (nSPS) is 10.9. The Labute approximate surface area is 116 Å². The fourth-order valence-electron chi connectivity index (χ4n) is 2.17. The van der Waals surface area contributed by atoms with Crippen LogP contribution in [0.5, 0.6) is 0 Å². The van der Waals surface area contributed by atoms with Crippen molar-refractivity contribution in [2.24, 2.45) is 0 Å². The van der Waals surface area contributed by atoms with E-state index in [1.807, 2.05) is 11.9 Å². The molecule has 6 heteroatoms. The van der Waals surface area contributed by atoms with Crippen LogP contribution in [0.25, 0.3) is 11.0 Å². The molecule has 3 rings (SSSR count). The second-order valence-electron chi connectivity index (χ2n) is 4.62. The fraction of sp³-hybridized carbons (Fsp3) is 0.214. The summed E-state index contributed by atoms with van der Waals surface area (Å²) >= 11 is 0. The van der Waals surface area contributed by atoms with Gasteiger partial charge in [-0.25, -0.2) is 0 Å². The van der Waals surface area contributed by atoms with Crippen molar-refractivity contribution >= 4 is 28.5 Å². The molecule has 0 radical (unpaired) electrons. The van der Waals surface area contributed by atoms with E-state index < -0.39 is 0 Å². The molecule has 0 aliphatic rings. The smallest absolute Gasteiger partial charge is 0.224 e. The number of aromatic amines is 1. The number of hydrogen-bond donors (Lipinski definition) is 2.